The van der Waals surface area contributed by atoms with Gasteiger partial charge >= 0.3 is 0 Å². The van der Waals surface area contributed by atoms with Crippen molar-refractivity contribution >= 4 is 14.5 Å². The smallest absolute Gasteiger partial charge is 0.191 e. The zero-order chi connectivity index (χ0) is 18.5. The van der Waals surface area contributed by atoms with Crippen LogP contribution in [0.2, 0.25) is 18.1 Å². The molecule has 1 atom stereocenters. The summed E-state index contributed by atoms with van der Waals surface area (Å²) >= 11 is 0. The van der Waals surface area contributed by atoms with Crippen molar-refractivity contribution in [1.29, 1.82) is 0 Å². The SMILES string of the molecule is COC[C@@H]1CCCN1/N=C/C1CCC(CO[Si](C)(C)C(C)(C)C)CC1. The van der Waals surface area contributed by atoms with Crippen molar-refractivity contribution in [3.8, 4) is 0 Å². The van der Waals surface area contributed by atoms with E-state index in [1.807, 2.05) is 0 Å². The lowest BCUT2D eigenvalue weighted by Gasteiger charge is -2.38. The van der Waals surface area contributed by atoms with Crippen molar-refractivity contribution in [2.45, 2.75) is 83.5 Å². The maximum Gasteiger partial charge on any atom is 0.191 e. The third-order valence-electron chi connectivity index (χ3n) is 6.51. The lowest BCUT2D eigenvalue weighted by Crippen LogP contribution is -2.42. The van der Waals surface area contributed by atoms with E-state index >= 15 is 0 Å². The molecular formula is C20H40N2O2Si. The predicted molar refractivity (Wildman–Crippen MR) is 109 cm³/mol. The Kier molecular flexibility index (Phi) is 7.53. The molecule has 146 valence electrons. The van der Waals surface area contributed by atoms with Gasteiger partial charge in [-0.3, -0.25) is 5.01 Å². The van der Waals surface area contributed by atoms with E-state index in [-0.39, 0.29) is 0 Å². The quantitative estimate of drug-likeness (QED) is 0.473. The van der Waals surface area contributed by atoms with Gasteiger partial charge in [0, 0.05) is 26.5 Å². The number of rotatable bonds is 7. The van der Waals surface area contributed by atoms with Gasteiger partial charge in [0.25, 0.3) is 0 Å². The van der Waals surface area contributed by atoms with Crippen molar-refractivity contribution < 1.29 is 9.16 Å². The molecule has 4 nitrogen and oxygen atoms in total. The van der Waals surface area contributed by atoms with E-state index in [0.717, 1.165) is 25.7 Å². The first-order valence-electron chi connectivity index (χ1n) is 10.2. The second-order valence-electron chi connectivity index (χ2n) is 9.53. The van der Waals surface area contributed by atoms with Crippen LogP contribution in [0.5, 0.6) is 0 Å². The molecule has 2 aliphatic rings. The van der Waals surface area contributed by atoms with Gasteiger partial charge in [0.2, 0.25) is 0 Å². The molecule has 0 unspecified atom stereocenters. The minimum Gasteiger partial charge on any atom is -0.417 e. The molecule has 1 heterocycles. The number of hydrogen-bond donors (Lipinski definition) is 0. The van der Waals surface area contributed by atoms with E-state index in [1.165, 1.54) is 38.5 Å². The molecule has 0 aromatic carbocycles. The maximum absolute atomic E-state index is 6.43. The number of ether oxygens (including phenoxy) is 1. The summed E-state index contributed by atoms with van der Waals surface area (Å²) in [6.07, 6.45) is 9.76. The van der Waals surface area contributed by atoms with Gasteiger partial charge in [0.15, 0.2) is 8.32 Å². The molecular weight excluding hydrogens is 328 g/mol. The highest BCUT2D eigenvalue weighted by Gasteiger charge is 2.37. The minimum atomic E-state index is -1.60. The zero-order valence-electron chi connectivity index (χ0n) is 17.4. The van der Waals surface area contributed by atoms with E-state index in [9.17, 15) is 0 Å². The van der Waals surface area contributed by atoms with E-state index in [2.05, 4.69) is 45.1 Å². The molecule has 0 bridgehead atoms. The van der Waals surface area contributed by atoms with Gasteiger partial charge in [-0.1, -0.05) is 20.8 Å². The van der Waals surface area contributed by atoms with Crippen molar-refractivity contribution in [3.63, 3.8) is 0 Å². The highest BCUT2D eigenvalue weighted by Crippen LogP contribution is 2.38. The molecule has 0 radical (unpaired) electrons. The Morgan fingerprint density at radius 1 is 1.08 bits per heavy atom. The first-order chi connectivity index (χ1) is 11.7. The standard InChI is InChI=1S/C20H40N2O2Si/c1-20(2,3)25(5,6)24-15-18-11-9-17(10-12-18)14-21-22-13-7-8-19(22)16-23-4/h14,17-19H,7-13,15-16H2,1-6H3/b21-14+/t17?,18?,19-/m0/s1. The molecule has 5 heteroatoms. The Morgan fingerprint density at radius 2 is 1.76 bits per heavy atom. The Hall–Kier alpha value is -0.393. The largest absolute Gasteiger partial charge is 0.417 e. The number of hydrogen-bond acceptors (Lipinski definition) is 4. The minimum absolute atomic E-state index is 0.311. The van der Waals surface area contributed by atoms with Crippen molar-refractivity contribution in [2.75, 3.05) is 26.9 Å². The second kappa shape index (κ2) is 9.00. The van der Waals surface area contributed by atoms with Crippen LogP contribution in [0, 0.1) is 11.8 Å². The summed E-state index contributed by atoms with van der Waals surface area (Å²) in [5.74, 6) is 1.39. The van der Waals surface area contributed by atoms with Crippen molar-refractivity contribution in [2.24, 2.45) is 16.9 Å². The Balaban J connectivity index is 1.72. The summed E-state index contributed by atoms with van der Waals surface area (Å²) in [5, 5.41) is 7.35. The van der Waals surface area contributed by atoms with Crippen LogP contribution in [0.4, 0.5) is 0 Å². The molecule has 0 spiro atoms. The molecule has 0 N–H and O–H groups in total. The number of methoxy groups -OCH3 is 1. The van der Waals surface area contributed by atoms with Crippen LogP contribution in [0.1, 0.15) is 59.3 Å². The average molecular weight is 369 g/mol. The Morgan fingerprint density at radius 3 is 2.36 bits per heavy atom. The lowest BCUT2D eigenvalue weighted by molar-refractivity contribution is 0.117. The Labute approximate surface area is 156 Å². The fourth-order valence-corrected chi connectivity index (χ4v) is 4.65. The van der Waals surface area contributed by atoms with Crippen LogP contribution in [0.25, 0.3) is 0 Å². The third kappa shape index (κ3) is 6.07. The summed E-state index contributed by atoms with van der Waals surface area (Å²) < 4.78 is 11.7. The lowest BCUT2D eigenvalue weighted by atomic mass is 9.83. The van der Waals surface area contributed by atoms with Gasteiger partial charge in [-0.05, 0) is 68.5 Å². The van der Waals surface area contributed by atoms with Crippen LogP contribution in [0.3, 0.4) is 0 Å². The molecule has 0 aromatic heterocycles. The molecule has 1 aliphatic heterocycles. The summed E-state index contributed by atoms with van der Waals surface area (Å²) in [6, 6.07) is 0.482. The first-order valence-corrected chi connectivity index (χ1v) is 13.1. The van der Waals surface area contributed by atoms with Gasteiger partial charge in [0.1, 0.15) is 0 Å². The topological polar surface area (TPSA) is 34.1 Å². The molecule has 2 fully saturated rings. The molecule has 25 heavy (non-hydrogen) atoms. The summed E-state index contributed by atoms with van der Waals surface area (Å²) in [7, 11) is 0.186. The van der Waals surface area contributed by atoms with Gasteiger partial charge in [0.05, 0.1) is 12.6 Å². The third-order valence-corrected chi connectivity index (χ3v) is 11.0. The molecule has 1 saturated carbocycles. The number of nitrogens with zero attached hydrogens (tertiary/aromatic N) is 2. The predicted octanol–water partition coefficient (Wildman–Crippen LogP) is 4.91. The van der Waals surface area contributed by atoms with Crippen LogP contribution >= 0.6 is 0 Å². The summed E-state index contributed by atoms with van der Waals surface area (Å²) in [6.45, 7) is 14.5. The van der Waals surface area contributed by atoms with Crippen LogP contribution < -0.4 is 0 Å². The fourth-order valence-electron chi connectivity index (χ4n) is 3.56. The van der Waals surface area contributed by atoms with E-state index < -0.39 is 8.32 Å². The molecule has 0 amide bonds. The van der Waals surface area contributed by atoms with Crippen LogP contribution in [-0.2, 0) is 9.16 Å². The molecule has 0 aromatic rings. The van der Waals surface area contributed by atoms with Crippen LogP contribution in [-0.4, -0.2) is 52.5 Å². The zero-order valence-corrected chi connectivity index (χ0v) is 18.4. The average Bonchev–Trinajstić information content (AvgIpc) is 2.98. The van der Waals surface area contributed by atoms with Crippen molar-refractivity contribution in [1.82, 2.24) is 5.01 Å². The monoisotopic (exact) mass is 368 g/mol. The Bertz CT molecular complexity index is 426. The van der Waals surface area contributed by atoms with Gasteiger partial charge in [-0.25, -0.2) is 0 Å². The summed E-state index contributed by atoms with van der Waals surface area (Å²) in [4.78, 5) is 0. The van der Waals surface area contributed by atoms with Crippen LogP contribution in [0.15, 0.2) is 5.10 Å². The van der Waals surface area contributed by atoms with Crippen molar-refractivity contribution in [3.05, 3.63) is 0 Å². The molecule has 1 saturated heterocycles. The van der Waals surface area contributed by atoms with E-state index in [1.54, 1.807) is 7.11 Å². The molecule has 1 aliphatic carbocycles. The van der Waals surface area contributed by atoms with Gasteiger partial charge < -0.3 is 9.16 Å². The first kappa shape index (κ1) is 20.9. The number of hydrazone groups is 1. The highest BCUT2D eigenvalue weighted by molar-refractivity contribution is 6.74. The second-order valence-corrected chi connectivity index (χ2v) is 14.3. The van der Waals surface area contributed by atoms with E-state index in [0.29, 0.717) is 17.0 Å². The highest BCUT2D eigenvalue weighted by atomic mass is 28.4. The molecule has 2 rings (SSSR count). The normalized spacial score (nSPS) is 28.9. The maximum atomic E-state index is 6.43. The van der Waals surface area contributed by atoms with Gasteiger partial charge in [-0.2, -0.15) is 5.10 Å². The fraction of sp³-hybridized carbons (Fsp3) is 0.950. The van der Waals surface area contributed by atoms with E-state index in [4.69, 9.17) is 14.3 Å². The van der Waals surface area contributed by atoms with Gasteiger partial charge in [-0.15, -0.1) is 0 Å². The summed E-state index contributed by atoms with van der Waals surface area (Å²) in [5.41, 5.74) is 0.